The monoisotopic (exact) mass is 353 g/mol. The number of rotatable bonds is 2. The molecule has 1 saturated heterocycles. The van der Waals surface area contributed by atoms with Crippen LogP contribution in [0.4, 0.5) is 0 Å². The lowest BCUT2D eigenvalue weighted by Gasteiger charge is -2.25. The first kappa shape index (κ1) is 15.5. The maximum atomic E-state index is 13.0. The van der Waals surface area contributed by atoms with Gasteiger partial charge in [0.1, 0.15) is 23.5 Å². The van der Waals surface area contributed by atoms with Crippen molar-refractivity contribution in [3.05, 3.63) is 47.6 Å². The van der Waals surface area contributed by atoms with E-state index < -0.39 is 0 Å². The number of oxazole rings is 1. The molecule has 5 heterocycles. The van der Waals surface area contributed by atoms with E-state index in [4.69, 9.17) is 14.1 Å². The van der Waals surface area contributed by atoms with Crippen LogP contribution in [0.25, 0.3) is 5.65 Å². The molecule has 0 bridgehead atoms. The molecule has 134 valence electrons. The Morgan fingerprint density at radius 3 is 3.00 bits per heavy atom. The number of hydrogen-bond donors (Lipinski definition) is 0. The minimum absolute atomic E-state index is 0.0673. The van der Waals surface area contributed by atoms with E-state index in [9.17, 15) is 4.79 Å². The molecule has 0 N–H and O–H groups in total. The predicted octanol–water partition coefficient (Wildman–Crippen LogP) is 1.81. The van der Waals surface area contributed by atoms with E-state index in [0.717, 1.165) is 43.4 Å². The van der Waals surface area contributed by atoms with Crippen molar-refractivity contribution < 1.29 is 13.9 Å². The maximum absolute atomic E-state index is 13.0. The van der Waals surface area contributed by atoms with Gasteiger partial charge in [-0.2, -0.15) is 5.10 Å². The van der Waals surface area contributed by atoms with E-state index in [-0.39, 0.29) is 5.91 Å². The number of carbonyl (C=O) groups excluding carboxylic acids is 1. The summed E-state index contributed by atoms with van der Waals surface area (Å²) < 4.78 is 13.0. The molecule has 0 saturated carbocycles. The summed E-state index contributed by atoms with van der Waals surface area (Å²) in [6.07, 6.45) is 4.02. The van der Waals surface area contributed by atoms with E-state index in [1.807, 2.05) is 12.1 Å². The summed E-state index contributed by atoms with van der Waals surface area (Å²) >= 11 is 0. The van der Waals surface area contributed by atoms with Crippen LogP contribution >= 0.6 is 0 Å². The molecule has 0 atom stereocenters. The Morgan fingerprint density at radius 1 is 1.23 bits per heavy atom. The Hall–Kier alpha value is -2.74. The highest BCUT2D eigenvalue weighted by atomic mass is 16.5. The highest BCUT2D eigenvalue weighted by molar-refractivity contribution is 5.93. The molecule has 0 unspecified atom stereocenters. The molecule has 0 spiro atoms. The van der Waals surface area contributed by atoms with Crippen molar-refractivity contribution in [3.8, 4) is 0 Å². The predicted molar refractivity (Wildman–Crippen MR) is 90.7 cm³/mol. The van der Waals surface area contributed by atoms with Gasteiger partial charge in [-0.05, 0) is 25.0 Å². The molecule has 1 amide bonds. The molecular formula is C18H19N5O3. The van der Waals surface area contributed by atoms with Crippen molar-refractivity contribution in [1.82, 2.24) is 24.5 Å². The Labute approximate surface area is 149 Å². The molecular weight excluding hydrogens is 334 g/mol. The van der Waals surface area contributed by atoms with Crippen LogP contribution in [-0.4, -0.2) is 50.1 Å². The van der Waals surface area contributed by atoms with Gasteiger partial charge in [0.2, 0.25) is 0 Å². The normalized spacial score (nSPS) is 18.2. The molecule has 0 aliphatic carbocycles. The van der Waals surface area contributed by atoms with Crippen LogP contribution in [0, 0.1) is 0 Å². The molecule has 0 aromatic carbocycles. The van der Waals surface area contributed by atoms with Crippen LogP contribution in [0.1, 0.15) is 46.6 Å². The minimum atomic E-state index is -0.0673. The average molecular weight is 353 g/mol. The van der Waals surface area contributed by atoms with Crippen LogP contribution < -0.4 is 0 Å². The fourth-order valence-corrected chi connectivity index (χ4v) is 3.68. The van der Waals surface area contributed by atoms with Crippen molar-refractivity contribution >= 4 is 11.6 Å². The van der Waals surface area contributed by atoms with Gasteiger partial charge in [0, 0.05) is 32.1 Å². The topological polar surface area (TPSA) is 85.8 Å². The second kappa shape index (κ2) is 6.21. The Balaban J connectivity index is 1.39. The number of amides is 1. The molecule has 8 heteroatoms. The Kier molecular flexibility index (Phi) is 3.70. The fraction of sp³-hybridized carbons (Fsp3) is 0.444. The van der Waals surface area contributed by atoms with Crippen molar-refractivity contribution in [3.63, 3.8) is 0 Å². The number of fused-ring (bicyclic) bond motifs is 2. The van der Waals surface area contributed by atoms with Crippen LogP contribution in [0.3, 0.4) is 0 Å². The zero-order chi connectivity index (χ0) is 17.5. The first-order valence-electron chi connectivity index (χ1n) is 8.94. The summed E-state index contributed by atoms with van der Waals surface area (Å²) in [5.41, 5.74) is 2.05. The molecule has 26 heavy (non-hydrogen) atoms. The lowest BCUT2D eigenvalue weighted by atomic mass is 10.0. The average Bonchev–Trinajstić information content (AvgIpc) is 3.34. The summed E-state index contributed by atoms with van der Waals surface area (Å²) in [5, 5.41) is 4.16. The van der Waals surface area contributed by atoms with E-state index in [0.29, 0.717) is 36.8 Å². The van der Waals surface area contributed by atoms with Gasteiger partial charge in [0.05, 0.1) is 6.54 Å². The largest absolute Gasteiger partial charge is 0.445 e. The van der Waals surface area contributed by atoms with Gasteiger partial charge >= 0.3 is 0 Å². The zero-order valence-corrected chi connectivity index (χ0v) is 14.3. The number of pyridine rings is 1. The summed E-state index contributed by atoms with van der Waals surface area (Å²) in [4.78, 5) is 23.6. The number of ether oxygens (including phenoxy) is 1. The van der Waals surface area contributed by atoms with Crippen molar-refractivity contribution in [2.45, 2.75) is 31.7 Å². The third kappa shape index (κ3) is 2.57. The third-order valence-corrected chi connectivity index (χ3v) is 5.12. The lowest BCUT2D eigenvalue weighted by Crippen LogP contribution is -2.36. The summed E-state index contributed by atoms with van der Waals surface area (Å²) in [6.45, 7) is 2.58. The van der Waals surface area contributed by atoms with Crippen LogP contribution in [-0.2, 0) is 17.7 Å². The second-order valence-electron chi connectivity index (χ2n) is 6.73. The molecule has 0 radical (unpaired) electrons. The molecule has 3 aromatic heterocycles. The maximum Gasteiger partial charge on any atom is 0.272 e. The van der Waals surface area contributed by atoms with Crippen LogP contribution in [0.15, 0.2) is 28.9 Å². The number of aromatic nitrogens is 4. The molecule has 5 rings (SSSR count). The van der Waals surface area contributed by atoms with Crippen LogP contribution in [0.2, 0.25) is 0 Å². The minimum Gasteiger partial charge on any atom is -0.445 e. The second-order valence-corrected chi connectivity index (χ2v) is 6.73. The highest BCUT2D eigenvalue weighted by Gasteiger charge is 2.29. The highest BCUT2D eigenvalue weighted by Crippen LogP contribution is 2.30. The number of carbonyl (C=O) groups is 1. The first-order chi connectivity index (χ1) is 12.8. The van der Waals surface area contributed by atoms with Gasteiger partial charge in [-0.15, -0.1) is 0 Å². The van der Waals surface area contributed by atoms with Crippen molar-refractivity contribution in [2.75, 3.05) is 19.8 Å². The van der Waals surface area contributed by atoms with Gasteiger partial charge in [0.15, 0.2) is 11.5 Å². The Morgan fingerprint density at radius 2 is 2.12 bits per heavy atom. The molecule has 2 aliphatic rings. The number of hydrogen-bond acceptors (Lipinski definition) is 6. The smallest absolute Gasteiger partial charge is 0.272 e. The quantitative estimate of drug-likeness (QED) is 0.698. The zero-order valence-electron chi connectivity index (χ0n) is 14.3. The number of nitrogens with zero attached hydrogens (tertiary/aromatic N) is 5. The molecule has 3 aromatic rings. The Bertz CT molecular complexity index is 957. The fourth-order valence-electron chi connectivity index (χ4n) is 3.68. The van der Waals surface area contributed by atoms with Gasteiger partial charge in [0.25, 0.3) is 5.91 Å². The van der Waals surface area contributed by atoms with E-state index in [1.165, 1.54) is 6.33 Å². The van der Waals surface area contributed by atoms with Gasteiger partial charge in [-0.1, -0.05) is 6.07 Å². The van der Waals surface area contributed by atoms with E-state index in [2.05, 4.69) is 10.1 Å². The van der Waals surface area contributed by atoms with Gasteiger partial charge in [-0.3, -0.25) is 4.79 Å². The lowest BCUT2D eigenvalue weighted by molar-refractivity contribution is 0.0717. The SMILES string of the molecule is O=C(c1cccc2ncnn12)N1CCc2oc(C3CCOCC3)nc2C1. The summed E-state index contributed by atoms with van der Waals surface area (Å²) in [5.74, 6) is 1.96. The standard InChI is InChI=1S/C18H19N5O3/c24-18(14-2-1-3-16-19-11-20-23(14)16)22-7-4-15-13(10-22)21-17(26-15)12-5-8-25-9-6-12/h1-3,11-12H,4-10H2. The third-order valence-electron chi connectivity index (χ3n) is 5.12. The van der Waals surface area contributed by atoms with Crippen molar-refractivity contribution in [1.29, 1.82) is 0 Å². The van der Waals surface area contributed by atoms with Gasteiger partial charge in [-0.25, -0.2) is 14.5 Å². The van der Waals surface area contributed by atoms with E-state index in [1.54, 1.807) is 15.5 Å². The van der Waals surface area contributed by atoms with Crippen LogP contribution in [0.5, 0.6) is 0 Å². The summed E-state index contributed by atoms with van der Waals surface area (Å²) in [6, 6.07) is 5.43. The molecule has 1 fully saturated rings. The first-order valence-corrected chi connectivity index (χ1v) is 8.94. The van der Waals surface area contributed by atoms with Crippen molar-refractivity contribution in [2.24, 2.45) is 0 Å². The summed E-state index contributed by atoms with van der Waals surface area (Å²) in [7, 11) is 0. The van der Waals surface area contributed by atoms with Gasteiger partial charge < -0.3 is 14.1 Å². The van der Waals surface area contributed by atoms with E-state index >= 15 is 0 Å². The molecule has 2 aliphatic heterocycles. The molecule has 8 nitrogen and oxygen atoms in total.